The van der Waals surface area contributed by atoms with Gasteiger partial charge in [0.1, 0.15) is 11.9 Å². The SMILES string of the molecule is C[C@@H]([NH2+]CC(=O)N1CC[NH+](CC(=O)Nc2ccc(F)cc2)CC1)c1ccccc1. The van der Waals surface area contributed by atoms with Crippen molar-refractivity contribution in [1.29, 1.82) is 0 Å². The number of quaternary nitrogens is 2. The Morgan fingerprint density at radius 1 is 1.10 bits per heavy atom. The first-order valence-corrected chi connectivity index (χ1v) is 10.1. The molecule has 6 nitrogen and oxygen atoms in total. The molecule has 2 aromatic rings. The molecule has 0 aromatic heterocycles. The maximum atomic E-state index is 12.9. The van der Waals surface area contributed by atoms with Crippen molar-refractivity contribution < 1.29 is 24.2 Å². The van der Waals surface area contributed by atoms with E-state index in [1.807, 2.05) is 23.1 Å². The van der Waals surface area contributed by atoms with E-state index in [-0.39, 0.29) is 23.7 Å². The van der Waals surface area contributed by atoms with Gasteiger partial charge in [0.15, 0.2) is 13.1 Å². The van der Waals surface area contributed by atoms with Crippen LogP contribution in [0, 0.1) is 5.82 Å². The van der Waals surface area contributed by atoms with Crippen LogP contribution >= 0.6 is 0 Å². The Bertz CT molecular complexity index is 805. The van der Waals surface area contributed by atoms with Gasteiger partial charge >= 0.3 is 0 Å². The van der Waals surface area contributed by atoms with Crippen LogP contribution in [0.15, 0.2) is 54.6 Å². The number of hydrogen-bond donors (Lipinski definition) is 3. The minimum Gasteiger partial charge on any atom is -0.333 e. The molecule has 0 saturated carbocycles. The second kappa shape index (κ2) is 10.1. The summed E-state index contributed by atoms with van der Waals surface area (Å²) in [7, 11) is 0. The van der Waals surface area contributed by atoms with E-state index in [1.54, 1.807) is 12.1 Å². The lowest BCUT2D eigenvalue weighted by Gasteiger charge is -2.31. The van der Waals surface area contributed by atoms with E-state index in [0.717, 1.165) is 18.0 Å². The zero-order chi connectivity index (χ0) is 20.6. The topological polar surface area (TPSA) is 70.5 Å². The van der Waals surface area contributed by atoms with Crippen molar-refractivity contribution in [2.45, 2.75) is 13.0 Å². The predicted octanol–water partition coefficient (Wildman–Crippen LogP) is -0.184. The highest BCUT2D eigenvalue weighted by Crippen LogP contribution is 2.08. The van der Waals surface area contributed by atoms with Crippen LogP contribution in [-0.2, 0) is 9.59 Å². The number of rotatable bonds is 7. The van der Waals surface area contributed by atoms with Crippen LogP contribution in [0.5, 0.6) is 0 Å². The van der Waals surface area contributed by atoms with Gasteiger partial charge in [0.05, 0.1) is 26.2 Å². The van der Waals surface area contributed by atoms with Crippen LogP contribution in [-0.4, -0.2) is 56.0 Å². The van der Waals surface area contributed by atoms with E-state index >= 15 is 0 Å². The number of carbonyl (C=O) groups is 2. The fourth-order valence-corrected chi connectivity index (χ4v) is 3.51. The molecule has 0 aliphatic carbocycles. The highest BCUT2D eigenvalue weighted by molar-refractivity contribution is 5.91. The van der Waals surface area contributed by atoms with Crippen molar-refractivity contribution >= 4 is 17.5 Å². The van der Waals surface area contributed by atoms with Crippen molar-refractivity contribution in [2.75, 3.05) is 44.6 Å². The molecule has 1 aliphatic rings. The van der Waals surface area contributed by atoms with Crippen molar-refractivity contribution in [2.24, 2.45) is 0 Å². The van der Waals surface area contributed by atoms with Crippen LogP contribution in [0.4, 0.5) is 10.1 Å². The molecule has 1 aliphatic heterocycles. The van der Waals surface area contributed by atoms with Gasteiger partial charge in [-0.2, -0.15) is 0 Å². The molecule has 1 fully saturated rings. The first kappa shape index (κ1) is 21.0. The Hall–Kier alpha value is -2.77. The summed E-state index contributed by atoms with van der Waals surface area (Å²) in [6.07, 6.45) is 0. The van der Waals surface area contributed by atoms with E-state index in [4.69, 9.17) is 0 Å². The quantitative estimate of drug-likeness (QED) is 0.603. The molecule has 3 rings (SSSR count). The van der Waals surface area contributed by atoms with Crippen LogP contribution in [0.1, 0.15) is 18.5 Å². The van der Waals surface area contributed by atoms with Crippen molar-refractivity contribution in [3.63, 3.8) is 0 Å². The summed E-state index contributed by atoms with van der Waals surface area (Å²) >= 11 is 0. The number of hydrogen-bond acceptors (Lipinski definition) is 2. The maximum absolute atomic E-state index is 12.9. The summed E-state index contributed by atoms with van der Waals surface area (Å²) in [5.74, 6) is -0.288. The van der Waals surface area contributed by atoms with Gasteiger partial charge < -0.3 is 20.4 Å². The molecule has 2 amide bonds. The molecule has 0 bridgehead atoms. The lowest BCUT2D eigenvalue weighted by molar-refractivity contribution is -0.895. The molecule has 1 atom stereocenters. The number of nitrogens with two attached hydrogens (primary N) is 1. The third-order valence-corrected chi connectivity index (χ3v) is 5.33. The Balaban J connectivity index is 1.37. The number of nitrogens with zero attached hydrogens (tertiary/aromatic N) is 1. The largest absolute Gasteiger partial charge is 0.333 e. The van der Waals surface area contributed by atoms with Crippen LogP contribution in [0.2, 0.25) is 0 Å². The number of anilines is 1. The number of carbonyl (C=O) groups excluding carboxylic acids is 2. The zero-order valence-corrected chi connectivity index (χ0v) is 16.7. The van der Waals surface area contributed by atoms with E-state index in [9.17, 15) is 14.0 Å². The molecule has 29 heavy (non-hydrogen) atoms. The molecule has 1 saturated heterocycles. The van der Waals surface area contributed by atoms with Crippen molar-refractivity contribution in [1.82, 2.24) is 4.90 Å². The summed E-state index contributed by atoms with van der Waals surface area (Å²) in [6, 6.07) is 16.1. The third kappa shape index (κ3) is 6.37. The number of benzene rings is 2. The molecule has 0 spiro atoms. The monoisotopic (exact) mass is 400 g/mol. The summed E-state index contributed by atoms with van der Waals surface area (Å²) in [5.41, 5.74) is 1.80. The molecule has 154 valence electrons. The second-order valence-electron chi connectivity index (χ2n) is 7.50. The average molecular weight is 400 g/mol. The normalized spacial score (nSPS) is 15.7. The smallest absolute Gasteiger partial charge is 0.279 e. The first-order valence-electron chi connectivity index (χ1n) is 10.1. The van der Waals surface area contributed by atoms with Crippen LogP contribution in [0.3, 0.4) is 0 Å². The number of nitrogens with one attached hydrogen (secondary N) is 2. The van der Waals surface area contributed by atoms with E-state index < -0.39 is 0 Å². The van der Waals surface area contributed by atoms with Gasteiger partial charge in [-0.1, -0.05) is 30.3 Å². The van der Waals surface area contributed by atoms with Gasteiger partial charge in [-0.15, -0.1) is 0 Å². The average Bonchev–Trinajstić information content (AvgIpc) is 2.74. The number of piperazine rings is 1. The van der Waals surface area contributed by atoms with Gasteiger partial charge in [0, 0.05) is 11.3 Å². The lowest BCUT2D eigenvalue weighted by Crippen LogP contribution is -3.15. The fraction of sp³-hybridized carbons (Fsp3) is 0.364. The van der Waals surface area contributed by atoms with E-state index in [2.05, 4.69) is 29.7 Å². The summed E-state index contributed by atoms with van der Waals surface area (Å²) < 4.78 is 12.9. The van der Waals surface area contributed by atoms with E-state index in [1.165, 1.54) is 17.7 Å². The third-order valence-electron chi connectivity index (χ3n) is 5.33. The highest BCUT2D eigenvalue weighted by Gasteiger charge is 2.26. The number of amides is 2. The molecule has 4 N–H and O–H groups in total. The minimum atomic E-state index is -0.329. The first-order chi connectivity index (χ1) is 14.0. The van der Waals surface area contributed by atoms with Gasteiger partial charge in [-0.3, -0.25) is 9.59 Å². The van der Waals surface area contributed by atoms with E-state index in [0.29, 0.717) is 31.9 Å². The Kier molecular flexibility index (Phi) is 7.32. The lowest BCUT2D eigenvalue weighted by atomic mass is 10.1. The zero-order valence-electron chi connectivity index (χ0n) is 16.7. The molecule has 0 unspecified atom stereocenters. The minimum absolute atomic E-state index is 0.101. The standard InChI is InChI=1S/C22H27FN4O2/c1-17(18-5-3-2-4-6-18)24-15-22(29)27-13-11-26(12-14-27)16-21(28)25-20-9-7-19(23)8-10-20/h2-10,17,24H,11-16H2,1H3,(H,25,28)/p+2/t17-/m1/s1. The van der Waals surface area contributed by atoms with Gasteiger partial charge in [-0.25, -0.2) is 4.39 Å². The summed E-state index contributed by atoms with van der Waals surface area (Å²) in [5, 5.41) is 4.85. The van der Waals surface area contributed by atoms with Gasteiger partial charge in [0.2, 0.25) is 0 Å². The Morgan fingerprint density at radius 3 is 2.41 bits per heavy atom. The summed E-state index contributed by atoms with van der Waals surface area (Å²) in [6.45, 7) is 5.68. The second-order valence-corrected chi connectivity index (χ2v) is 7.50. The molecular formula is C22H29FN4O2+2. The Morgan fingerprint density at radius 2 is 1.76 bits per heavy atom. The van der Waals surface area contributed by atoms with Crippen LogP contribution in [0.25, 0.3) is 0 Å². The van der Waals surface area contributed by atoms with Gasteiger partial charge in [-0.05, 0) is 31.2 Å². The maximum Gasteiger partial charge on any atom is 0.279 e. The van der Waals surface area contributed by atoms with Gasteiger partial charge in [0.25, 0.3) is 11.8 Å². The fourth-order valence-electron chi connectivity index (χ4n) is 3.51. The number of halogens is 1. The molecule has 2 aromatic carbocycles. The molecule has 7 heteroatoms. The summed E-state index contributed by atoms with van der Waals surface area (Å²) in [4.78, 5) is 27.7. The Labute approximate surface area is 170 Å². The molecule has 0 radical (unpaired) electrons. The predicted molar refractivity (Wildman–Crippen MR) is 109 cm³/mol. The molecular weight excluding hydrogens is 371 g/mol. The van der Waals surface area contributed by atoms with Crippen molar-refractivity contribution in [3.8, 4) is 0 Å². The van der Waals surface area contributed by atoms with Crippen molar-refractivity contribution in [3.05, 3.63) is 66.0 Å². The highest BCUT2D eigenvalue weighted by atomic mass is 19.1. The molecule has 1 heterocycles. The van der Waals surface area contributed by atoms with Crippen LogP contribution < -0.4 is 15.5 Å².